The van der Waals surface area contributed by atoms with Crippen LogP contribution in [0.3, 0.4) is 0 Å². The third kappa shape index (κ3) is 3.47. The average Bonchev–Trinajstić information content (AvgIpc) is 2.03. The molecule has 0 aliphatic rings. The number of hydrogen-bond acceptors (Lipinski definition) is 1. The maximum absolute atomic E-state index is 3.01. The van der Waals surface area contributed by atoms with E-state index in [2.05, 4.69) is 32.0 Å². The third-order valence-corrected chi connectivity index (χ3v) is 2.71. The van der Waals surface area contributed by atoms with Crippen molar-refractivity contribution in [2.45, 2.75) is 18.7 Å². The van der Waals surface area contributed by atoms with Gasteiger partial charge in [0.2, 0.25) is 0 Å². The number of hydrogen-bond donors (Lipinski definition) is 0. The fourth-order valence-corrected chi connectivity index (χ4v) is 1.59. The molecular formula is C10H13S. The molecule has 0 nitrogen and oxygen atoms in total. The van der Waals surface area contributed by atoms with E-state index in [4.69, 9.17) is 0 Å². The Bertz CT molecular complexity index is 191. The van der Waals surface area contributed by atoms with Crippen LogP contribution in [0.2, 0.25) is 0 Å². The first-order valence-electron chi connectivity index (χ1n) is 3.88. The Kier molecular flexibility index (Phi) is 3.50. The summed E-state index contributed by atoms with van der Waals surface area (Å²) in [6, 6.07) is 11.1. The lowest BCUT2D eigenvalue weighted by Crippen LogP contribution is -1.89. The summed E-state index contributed by atoms with van der Waals surface area (Å²) in [5.41, 5.74) is 0. The first-order valence-corrected chi connectivity index (χ1v) is 4.86. The molecule has 1 rings (SSSR count). The van der Waals surface area contributed by atoms with Gasteiger partial charge in [-0.05, 0) is 24.1 Å². The summed E-state index contributed by atoms with van der Waals surface area (Å²) in [6.45, 7) is 4.48. The van der Waals surface area contributed by atoms with Crippen LogP contribution in [-0.2, 0) is 0 Å². The predicted octanol–water partition coefficient (Wildman–Crippen LogP) is 3.23. The van der Waals surface area contributed by atoms with E-state index in [1.54, 1.807) is 0 Å². The summed E-state index contributed by atoms with van der Waals surface area (Å²) in [7, 11) is 0. The minimum Gasteiger partial charge on any atom is -0.126 e. The van der Waals surface area contributed by atoms with Crippen molar-refractivity contribution >= 4 is 11.8 Å². The standard InChI is InChI=1S/C10H13S/c1-9(2)8-11-10-6-4-3-5-7-10/h4-7,9H,8H2,1-2H3. The Morgan fingerprint density at radius 2 is 2.00 bits per heavy atom. The van der Waals surface area contributed by atoms with Crippen LogP contribution in [0.1, 0.15) is 13.8 Å². The first-order chi connectivity index (χ1) is 5.29. The van der Waals surface area contributed by atoms with Gasteiger partial charge in [0, 0.05) is 10.6 Å². The van der Waals surface area contributed by atoms with Crippen molar-refractivity contribution in [1.29, 1.82) is 0 Å². The van der Waals surface area contributed by atoms with Gasteiger partial charge in [0.25, 0.3) is 0 Å². The second kappa shape index (κ2) is 4.45. The molecule has 0 saturated carbocycles. The maximum atomic E-state index is 3.01. The van der Waals surface area contributed by atoms with Gasteiger partial charge in [-0.15, -0.1) is 11.8 Å². The second-order valence-corrected chi connectivity index (χ2v) is 4.03. The van der Waals surface area contributed by atoms with Crippen LogP contribution in [0.4, 0.5) is 0 Å². The van der Waals surface area contributed by atoms with E-state index in [0.717, 1.165) is 5.92 Å². The van der Waals surface area contributed by atoms with Crippen LogP contribution in [0.15, 0.2) is 29.2 Å². The SMILES string of the molecule is CC(C)CSc1cc[c]cc1. The first kappa shape index (κ1) is 8.66. The molecule has 0 aromatic heterocycles. The average molecular weight is 165 g/mol. The van der Waals surface area contributed by atoms with Gasteiger partial charge >= 0.3 is 0 Å². The van der Waals surface area contributed by atoms with Gasteiger partial charge in [0.1, 0.15) is 0 Å². The van der Waals surface area contributed by atoms with Crippen LogP contribution < -0.4 is 0 Å². The summed E-state index contributed by atoms with van der Waals surface area (Å²) >= 11 is 1.91. The van der Waals surface area contributed by atoms with Crippen molar-refractivity contribution in [3.8, 4) is 0 Å². The highest BCUT2D eigenvalue weighted by Crippen LogP contribution is 2.19. The summed E-state index contributed by atoms with van der Waals surface area (Å²) < 4.78 is 0. The molecule has 0 fully saturated rings. The molecule has 0 heterocycles. The van der Waals surface area contributed by atoms with Crippen molar-refractivity contribution in [2.24, 2.45) is 5.92 Å². The Labute approximate surface area is 73.0 Å². The lowest BCUT2D eigenvalue weighted by atomic mass is 10.3. The van der Waals surface area contributed by atoms with Gasteiger partial charge in [-0.3, -0.25) is 0 Å². The van der Waals surface area contributed by atoms with Gasteiger partial charge < -0.3 is 0 Å². The van der Waals surface area contributed by atoms with Gasteiger partial charge in [0.05, 0.1) is 0 Å². The molecule has 59 valence electrons. The van der Waals surface area contributed by atoms with Crippen LogP contribution in [-0.4, -0.2) is 5.75 Å². The Morgan fingerprint density at radius 3 is 2.55 bits per heavy atom. The van der Waals surface area contributed by atoms with Gasteiger partial charge in [-0.25, -0.2) is 0 Å². The number of rotatable bonds is 3. The summed E-state index contributed by atoms with van der Waals surface area (Å²) in [4.78, 5) is 1.34. The molecule has 1 heteroatoms. The zero-order chi connectivity index (χ0) is 8.10. The van der Waals surface area contributed by atoms with Crippen molar-refractivity contribution in [2.75, 3.05) is 5.75 Å². The van der Waals surface area contributed by atoms with Crippen LogP contribution >= 0.6 is 11.8 Å². The number of thioether (sulfide) groups is 1. The zero-order valence-corrected chi connectivity index (χ0v) is 7.82. The Hall–Kier alpha value is -0.430. The highest BCUT2D eigenvalue weighted by atomic mass is 32.2. The van der Waals surface area contributed by atoms with Crippen molar-refractivity contribution < 1.29 is 0 Å². The van der Waals surface area contributed by atoms with Gasteiger partial charge in [0.15, 0.2) is 0 Å². The second-order valence-electron chi connectivity index (χ2n) is 2.94. The quantitative estimate of drug-likeness (QED) is 0.620. The van der Waals surface area contributed by atoms with Gasteiger partial charge in [-0.2, -0.15) is 0 Å². The summed E-state index contributed by atoms with van der Waals surface area (Å²) in [6.07, 6.45) is 0. The summed E-state index contributed by atoms with van der Waals surface area (Å²) in [5, 5.41) is 0. The number of benzene rings is 1. The molecule has 0 aliphatic heterocycles. The lowest BCUT2D eigenvalue weighted by Gasteiger charge is -2.02. The topological polar surface area (TPSA) is 0 Å². The van der Waals surface area contributed by atoms with Crippen LogP contribution in [0, 0.1) is 12.0 Å². The highest BCUT2D eigenvalue weighted by Gasteiger charge is 1.94. The van der Waals surface area contributed by atoms with Crippen LogP contribution in [0.25, 0.3) is 0 Å². The molecule has 0 atom stereocenters. The fraction of sp³-hybridized carbons (Fsp3) is 0.400. The molecular weight excluding hydrogens is 152 g/mol. The maximum Gasteiger partial charge on any atom is 0.00724 e. The minimum atomic E-state index is 0.768. The molecule has 0 spiro atoms. The third-order valence-electron chi connectivity index (χ3n) is 1.27. The van der Waals surface area contributed by atoms with E-state index in [-0.39, 0.29) is 0 Å². The van der Waals surface area contributed by atoms with E-state index >= 15 is 0 Å². The Morgan fingerprint density at radius 1 is 1.36 bits per heavy atom. The van der Waals surface area contributed by atoms with Crippen molar-refractivity contribution in [1.82, 2.24) is 0 Å². The van der Waals surface area contributed by atoms with E-state index in [0.29, 0.717) is 0 Å². The summed E-state index contributed by atoms with van der Waals surface area (Å²) in [5.74, 6) is 1.97. The van der Waals surface area contributed by atoms with E-state index < -0.39 is 0 Å². The smallest absolute Gasteiger partial charge is 0.00724 e. The molecule has 11 heavy (non-hydrogen) atoms. The molecule has 1 aromatic carbocycles. The molecule has 1 aromatic rings. The molecule has 0 saturated heterocycles. The molecule has 0 N–H and O–H groups in total. The van der Waals surface area contributed by atoms with E-state index in [9.17, 15) is 0 Å². The molecule has 0 amide bonds. The largest absolute Gasteiger partial charge is 0.126 e. The van der Waals surface area contributed by atoms with E-state index in [1.165, 1.54) is 10.6 Å². The molecule has 0 aliphatic carbocycles. The predicted molar refractivity (Wildman–Crippen MR) is 50.8 cm³/mol. The van der Waals surface area contributed by atoms with E-state index in [1.807, 2.05) is 23.9 Å². The zero-order valence-electron chi connectivity index (χ0n) is 7.00. The minimum absolute atomic E-state index is 0.768. The van der Waals surface area contributed by atoms with Gasteiger partial charge in [-0.1, -0.05) is 26.0 Å². The Balaban J connectivity index is 2.39. The fourth-order valence-electron chi connectivity index (χ4n) is 0.731. The highest BCUT2D eigenvalue weighted by molar-refractivity contribution is 7.99. The van der Waals surface area contributed by atoms with Crippen molar-refractivity contribution in [3.63, 3.8) is 0 Å². The molecule has 0 bridgehead atoms. The normalized spacial score (nSPS) is 10.5. The molecule has 0 unspecified atom stereocenters. The lowest BCUT2D eigenvalue weighted by molar-refractivity contribution is 0.750. The van der Waals surface area contributed by atoms with Crippen LogP contribution in [0.5, 0.6) is 0 Å². The monoisotopic (exact) mass is 165 g/mol. The molecule has 1 radical (unpaired) electrons. The van der Waals surface area contributed by atoms with Crippen molar-refractivity contribution in [3.05, 3.63) is 30.3 Å².